The van der Waals surface area contributed by atoms with Gasteiger partial charge in [-0.25, -0.2) is 4.39 Å². The Morgan fingerprint density at radius 3 is 2.18 bits per heavy atom. The summed E-state index contributed by atoms with van der Waals surface area (Å²) in [7, 11) is 0. The van der Waals surface area contributed by atoms with E-state index >= 15 is 4.39 Å². The van der Waals surface area contributed by atoms with Crippen molar-refractivity contribution < 1.29 is 18.4 Å². The van der Waals surface area contributed by atoms with Gasteiger partial charge in [0.2, 0.25) is 5.91 Å². The van der Waals surface area contributed by atoms with Crippen LogP contribution < -0.4 is 10.6 Å². The van der Waals surface area contributed by atoms with E-state index in [4.69, 9.17) is 10.2 Å². The Labute approximate surface area is 224 Å². The summed E-state index contributed by atoms with van der Waals surface area (Å²) in [6, 6.07) is 13.6. The monoisotopic (exact) mass is 520 g/mol. The molecule has 2 amide bonds. The van der Waals surface area contributed by atoms with E-state index < -0.39 is 11.7 Å². The molecule has 2 N–H and O–H groups in total. The third-order valence-electron chi connectivity index (χ3n) is 7.14. The molecule has 38 heavy (non-hydrogen) atoms. The minimum atomic E-state index is -0.607. The molecule has 0 spiro atoms. The SMILES string of the molecule is CC(C)N(C(=O)c1ccc(N(c2cc(C(N)=O)ccc2F)C2CCN(Cc3ccoc3)CC2)cc1)C(C)C. The van der Waals surface area contributed by atoms with Gasteiger partial charge in [0.15, 0.2) is 0 Å². The third kappa shape index (κ3) is 6.07. The number of halogens is 1. The molecule has 7 nitrogen and oxygen atoms in total. The quantitative estimate of drug-likeness (QED) is 0.398. The minimum absolute atomic E-state index is 0.00222. The summed E-state index contributed by atoms with van der Waals surface area (Å²) in [6.45, 7) is 10.5. The van der Waals surface area contributed by atoms with Gasteiger partial charge in [-0.15, -0.1) is 0 Å². The van der Waals surface area contributed by atoms with Crippen LogP contribution in [0, 0.1) is 5.82 Å². The van der Waals surface area contributed by atoms with E-state index in [1.165, 1.54) is 18.2 Å². The highest BCUT2D eigenvalue weighted by atomic mass is 19.1. The number of hydrogen-bond donors (Lipinski definition) is 1. The van der Waals surface area contributed by atoms with Crippen LogP contribution in [0.4, 0.5) is 15.8 Å². The number of likely N-dealkylation sites (tertiary alicyclic amines) is 1. The summed E-state index contributed by atoms with van der Waals surface area (Å²) < 4.78 is 20.5. The van der Waals surface area contributed by atoms with Gasteiger partial charge >= 0.3 is 0 Å². The molecule has 1 aliphatic heterocycles. The Morgan fingerprint density at radius 1 is 1.00 bits per heavy atom. The lowest BCUT2D eigenvalue weighted by molar-refractivity contribution is 0.0643. The van der Waals surface area contributed by atoms with Gasteiger partial charge in [-0.05, 0) is 89.1 Å². The summed E-state index contributed by atoms with van der Waals surface area (Å²) in [6.07, 6.45) is 5.03. The van der Waals surface area contributed by atoms with Crippen molar-refractivity contribution in [1.82, 2.24) is 9.80 Å². The number of nitrogens with two attached hydrogens (primary N) is 1. The summed E-state index contributed by atoms with van der Waals surface area (Å²) >= 11 is 0. The Kier molecular flexibility index (Phi) is 8.52. The standard InChI is InChI=1S/C30H37FN4O3/c1-20(2)34(21(3)4)30(37)23-5-8-25(9-6-23)35(28-17-24(29(32)36)7-10-27(28)31)26-11-14-33(15-12-26)18-22-13-16-38-19-22/h5-10,13,16-17,19-21,26H,11-12,14-15,18H2,1-4H3,(H2,32,36). The first kappa shape index (κ1) is 27.4. The van der Waals surface area contributed by atoms with Crippen molar-refractivity contribution in [2.24, 2.45) is 5.73 Å². The molecule has 0 atom stereocenters. The molecule has 1 aliphatic rings. The zero-order chi connectivity index (χ0) is 27.4. The first-order valence-corrected chi connectivity index (χ1v) is 13.2. The molecule has 4 rings (SSSR count). The van der Waals surface area contributed by atoms with Crippen molar-refractivity contribution in [1.29, 1.82) is 0 Å². The lowest BCUT2D eigenvalue weighted by Crippen LogP contribution is -2.43. The van der Waals surface area contributed by atoms with Crippen molar-refractivity contribution in [2.45, 2.75) is 65.2 Å². The predicted octanol–water partition coefficient (Wildman–Crippen LogP) is 5.58. The van der Waals surface area contributed by atoms with Gasteiger partial charge in [0.05, 0.1) is 18.2 Å². The zero-order valence-electron chi connectivity index (χ0n) is 22.6. The lowest BCUT2D eigenvalue weighted by atomic mass is 9.99. The van der Waals surface area contributed by atoms with Gasteiger partial charge < -0.3 is 20.0 Å². The molecule has 1 fully saturated rings. The molecule has 1 aromatic heterocycles. The number of benzene rings is 2. The van der Waals surface area contributed by atoms with E-state index in [1.54, 1.807) is 24.7 Å². The second-order valence-corrected chi connectivity index (χ2v) is 10.5. The number of furan rings is 1. The van der Waals surface area contributed by atoms with Crippen LogP contribution in [-0.4, -0.2) is 52.8 Å². The van der Waals surface area contributed by atoms with Gasteiger partial charge in [0.25, 0.3) is 5.91 Å². The fourth-order valence-corrected chi connectivity index (χ4v) is 5.35. The first-order valence-electron chi connectivity index (χ1n) is 13.2. The van der Waals surface area contributed by atoms with E-state index in [0.717, 1.165) is 43.7 Å². The Hall–Kier alpha value is -3.65. The molecule has 0 saturated carbocycles. The molecule has 2 heterocycles. The Balaban J connectivity index is 1.63. The molecule has 202 valence electrons. The average molecular weight is 521 g/mol. The minimum Gasteiger partial charge on any atom is -0.472 e. The highest BCUT2D eigenvalue weighted by Crippen LogP contribution is 2.35. The van der Waals surface area contributed by atoms with Crippen molar-refractivity contribution in [2.75, 3.05) is 18.0 Å². The fourth-order valence-electron chi connectivity index (χ4n) is 5.35. The van der Waals surface area contributed by atoms with Crippen LogP contribution in [0.25, 0.3) is 0 Å². The van der Waals surface area contributed by atoms with E-state index in [1.807, 2.05) is 55.7 Å². The smallest absolute Gasteiger partial charge is 0.254 e. The number of piperidine rings is 1. The van der Waals surface area contributed by atoms with E-state index in [0.29, 0.717) is 11.3 Å². The number of nitrogens with zero attached hydrogens (tertiary/aromatic N) is 3. The van der Waals surface area contributed by atoms with Gasteiger partial charge in [0.1, 0.15) is 5.82 Å². The van der Waals surface area contributed by atoms with E-state index in [-0.39, 0.29) is 29.6 Å². The van der Waals surface area contributed by atoms with E-state index in [9.17, 15) is 9.59 Å². The zero-order valence-corrected chi connectivity index (χ0v) is 22.6. The summed E-state index contributed by atoms with van der Waals surface area (Å²) in [5, 5.41) is 0. The van der Waals surface area contributed by atoms with Crippen LogP contribution in [0.15, 0.2) is 65.5 Å². The molecule has 2 aromatic carbocycles. The van der Waals surface area contributed by atoms with Crippen LogP contribution in [0.2, 0.25) is 0 Å². The third-order valence-corrected chi connectivity index (χ3v) is 7.14. The first-order chi connectivity index (χ1) is 18.2. The summed E-state index contributed by atoms with van der Waals surface area (Å²) in [4.78, 5) is 31.3. The molecule has 0 aliphatic carbocycles. The normalized spacial score (nSPS) is 14.7. The maximum absolute atomic E-state index is 15.3. The molecule has 0 unspecified atom stereocenters. The van der Waals surface area contributed by atoms with Crippen LogP contribution in [0.5, 0.6) is 0 Å². The highest BCUT2D eigenvalue weighted by molar-refractivity contribution is 5.95. The largest absolute Gasteiger partial charge is 0.472 e. The Bertz CT molecular complexity index is 1220. The number of primary amides is 1. The number of carbonyl (C=O) groups excluding carboxylic acids is 2. The molecule has 8 heteroatoms. The fraction of sp³-hybridized carbons (Fsp3) is 0.400. The molecular weight excluding hydrogens is 483 g/mol. The van der Waals surface area contributed by atoms with Gasteiger partial charge in [0, 0.05) is 60.1 Å². The number of rotatable bonds is 9. The second-order valence-electron chi connectivity index (χ2n) is 10.5. The lowest BCUT2D eigenvalue weighted by Gasteiger charge is -2.40. The molecule has 1 saturated heterocycles. The number of anilines is 2. The number of carbonyl (C=O) groups is 2. The highest BCUT2D eigenvalue weighted by Gasteiger charge is 2.29. The summed E-state index contributed by atoms with van der Waals surface area (Å²) in [5.41, 5.74) is 8.55. The van der Waals surface area contributed by atoms with Crippen LogP contribution >= 0.6 is 0 Å². The average Bonchev–Trinajstić information content (AvgIpc) is 3.39. The van der Waals surface area contributed by atoms with Gasteiger partial charge in [-0.2, -0.15) is 0 Å². The molecule has 0 radical (unpaired) electrons. The molecule has 3 aromatic rings. The number of hydrogen-bond acceptors (Lipinski definition) is 5. The van der Waals surface area contributed by atoms with Crippen LogP contribution in [0.3, 0.4) is 0 Å². The topological polar surface area (TPSA) is 83.0 Å². The van der Waals surface area contributed by atoms with Crippen molar-refractivity contribution in [3.63, 3.8) is 0 Å². The van der Waals surface area contributed by atoms with Gasteiger partial charge in [-0.3, -0.25) is 14.5 Å². The molecular formula is C30H37FN4O3. The van der Waals surface area contributed by atoms with Crippen molar-refractivity contribution in [3.05, 3.63) is 83.6 Å². The van der Waals surface area contributed by atoms with Crippen LogP contribution in [0.1, 0.15) is 66.8 Å². The van der Waals surface area contributed by atoms with E-state index in [2.05, 4.69) is 4.90 Å². The van der Waals surface area contributed by atoms with Crippen LogP contribution in [-0.2, 0) is 6.54 Å². The number of amides is 2. The maximum Gasteiger partial charge on any atom is 0.254 e. The van der Waals surface area contributed by atoms with Gasteiger partial charge in [-0.1, -0.05) is 0 Å². The second kappa shape index (κ2) is 11.8. The van der Waals surface area contributed by atoms with Crippen molar-refractivity contribution >= 4 is 23.2 Å². The molecule has 0 bridgehead atoms. The predicted molar refractivity (Wildman–Crippen MR) is 147 cm³/mol. The summed E-state index contributed by atoms with van der Waals surface area (Å²) in [5.74, 6) is -1.08. The maximum atomic E-state index is 15.3. The Morgan fingerprint density at radius 2 is 1.63 bits per heavy atom. The van der Waals surface area contributed by atoms with Crippen molar-refractivity contribution in [3.8, 4) is 0 Å².